The SMILES string of the molecule is CNC(=O)C(Sc1ccc(F)cc1)c1csnn1. The molecule has 1 heterocycles. The van der Waals surface area contributed by atoms with Crippen molar-refractivity contribution in [3.8, 4) is 0 Å². The van der Waals surface area contributed by atoms with Crippen molar-refractivity contribution >= 4 is 29.2 Å². The van der Waals surface area contributed by atoms with Crippen molar-refractivity contribution < 1.29 is 9.18 Å². The van der Waals surface area contributed by atoms with Crippen LogP contribution in [0.2, 0.25) is 0 Å². The summed E-state index contributed by atoms with van der Waals surface area (Å²) >= 11 is 2.51. The predicted molar refractivity (Wildman–Crippen MR) is 69.0 cm³/mol. The van der Waals surface area contributed by atoms with Crippen LogP contribution in [-0.2, 0) is 4.79 Å². The highest BCUT2D eigenvalue weighted by Crippen LogP contribution is 2.34. The van der Waals surface area contributed by atoms with E-state index in [9.17, 15) is 9.18 Å². The zero-order chi connectivity index (χ0) is 13.0. The Hall–Kier alpha value is -1.47. The van der Waals surface area contributed by atoms with Gasteiger partial charge >= 0.3 is 0 Å². The molecule has 1 N–H and O–H groups in total. The molecule has 0 spiro atoms. The number of nitrogens with zero attached hydrogens (tertiary/aromatic N) is 2. The van der Waals surface area contributed by atoms with Gasteiger partial charge in [-0.25, -0.2) is 4.39 Å². The third kappa shape index (κ3) is 3.05. The number of thioether (sulfide) groups is 1. The first kappa shape index (κ1) is 13.0. The van der Waals surface area contributed by atoms with Crippen LogP contribution in [0.5, 0.6) is 0 Å². The molecule has 0 aliphatic carbocycles. The van der Waals surface area contributed by atoms with Crippen molar-refractivity contribution in [3.05, 3.63) is 41.2 Å². The molecule has 4 nitrogen and oxygen atoms in total. The lowest BCUT2D eigenvalue weighted by Gasteiger charge is -2.12. The molecule has 7 heteroatoms. The van der Waals surface area contributed by atoms with Crippen LogP contribution in [0, 0.1) is 5.82 Å². The Morgan fingerprint density at radius 2 is 2.17 bits per heavy atom. The summed E-state index contributed by atoms with van der Waals surface area (Å²) in [5.41, 5.74) is 0.605. The fourth-order valence-corrected chi connectivity index (χ4v) is 2.91. The van der Waals surface area contributed by atoms with Crippen molar-refractivity contribution in [2.45, 2.75) is 10.1 Å². The number of hydrogen-bond acceptors (Lipinski definition) is 5. The minimum absolute atomic E-state index is 0.156. The average molecular weight is 283 g/mol. The minimum atomic E-state index is -0.473. The lowest BCUT2D eigenvalue weighted by Crippen LogP contribution is -2.24. The highest BCUT2D eigenvalue weighted by atomic mass is 32.2. The summed E-state index contributed by atoms with van der Waals surface area (Å²) in [6, 6.07) is 6.00. The molecule has 2 rings (SSSR count). The Kier molecular flexibility index (Phi) is 4.27. The molecule has 0 aliphatic heterocycles. The van der Waals surface area contributed by atoms with Crippen molar-refractivity contribution in [2.24, 2.45) is 0 Å². The molecule has 18 heavy (non-hydrogen) atoms. The predicted octanol–water partition coefficient (Wildman–Crippen LogP) is 2.26. The summed E-state index contributed by atoms with van der Waals surface area (Å²) in [4.78, 5) is 12.6. The van der Waals surface area contributed by atoms with Crippen LogP contribution < -0.4 is 5.32 Å². The van der Waals surface area contributed by atoms with Crippen LogP contribution in [0.3, 0.4) is 0 Å². The zero-order valence-electron chi connectivity index (χ0n) is 9.46. The Bertz CT molecular complexity index is 516. The van der Waals surface area contributed by atoms with Gasteiger partial charge in [-0.15, -0.1) is 16.9 Å². The number of hydrogen-bond donors (Lipinski definition) is 1. The third-order valence-corrected chi connectivity index (χ3v) is 3.96. The number of amides is 1. The third-order valence-electron chi connectivity index (χ3n) is 2.20. The second-order valence-corrected chi connectivity index (χ2v) is 5.18. The Morgan fingerprint density at radius 3 is 2.72 bits per heavy atom. The molecule has 1 amide bonds. The van der Waals surface area contributed by atoms with Crippen molar-refractivity contribution in [2.75, 3.05) is 7.05 Å². The van der Waals surface area contributed by atoms with Gasteiger partial charge in [-0.2, -0.15) is 0 Å². The van der Waals surface area contributed by atoms with Crippen molar-refractivity contribution in [1.82, 2.24) is 14.9 Å². The van der Waals surface area contributed by atoms with Gasteiger partial charge in [0.15, 0.2) is 0 Å². The molecule has 0 saturated heterocycles. The Morgan fingerprint density at radius 1 is 1.44 bits per heavy atom. The minimum Gasteiger partial charge on any atom is -0.358 e. The van der Waals surface area contributed by atoms with Crippen LogP contribution in [0.4, 0.5) is 4.39 Å². The summed E-state index contributed by atoms with van der Waals surface area (Å²) in [7, 11) is 1.57. The zero-order valence-corrected chi connectivity index (χ0v) is 11.1. The molecule has 0 aliphatic rings. The fraction of sp³-hybridized carbons (Fsp3) is 0.182. The lowest BCUT2D eigenvalue weighted by atomic mass is 10.3. The molecule has 0 radical (unpaired) electrons. The summed E-state index contributed by atoms with van der Waals surface area (Å²) < 4.78 is 16.6. The fourth-order valence-electron chi connectivity index (χ4n) is 1.31. The Labute approximate surface area is 112 Å². The first-order chi connectivity index (χ1) is 8.70. The van der Waals surface area contributed by atoms with Gasteiger partial charge in [-0.1, -0.05) is 4.49 Å². The molecule has 0 saturated carbocycles. The number of benzene rings is 1. The van der Waals surface area contributed by atoms with E-state index in [4.69, 9.17) is 0 Å². The normalized spacial score (nSPS) is 12.1. The molecular formula is C11H10FN3OS2. The van der Waals surface area contributed by atoms with Crippen molar-refractivity contribution in [3.63, 3.8) is 0 Å². The molecule has 1 aromatic heterocycles. The van der Waals surface area contributed by atoms with E-state index in [0.29, 0.717) is 5.69 Å². The van der Waals surface area contributed by atoms with Crippen molar-refractivity contribution in [1.29, 1.82) is 0 Å². The maximum absolute atomic E-state index is 12.8. The lowest BCUT2D eigenvalue weighted by molar-refractivity contribution is -0.120. The summed E-state index contributed by atoms with van der Waals surface area (Å²) in [6.07, 6.45) is 0. The first-order valence-corrected chi connectivity index (χ1v) is 6.83. The van der Waals surface area contributed by atoms with Gasteiger partial charge in [-0.3, -0.25) is 4.79 Å². The smallest absolute Gasteiger partial charge is 0.239 e. The monoisotopic (exact) mass is 283 g/mol. The molecule has 2 aromatic rings. The van der Waals surface area contributed by atoms with Gasteiger partial charge in [-0.05, 0) is 35.8 Å². The number of likely N-dealkylation sites (N-methyl/N-ethyl adjacent to an activating group) is 1. The maximum atomic E-state index is 12.8. The molecule has 1 unspecified atom stereocenters. The van der Waals surface area contributed by atoms with E-state index in [1.54, 1.807) is 24.6 Å². The average Bonchev–Trinajstić information content (AvgIpc) is 2.91. The molecule has 1 aromatic carbocycles. The van der Waals surface area contributed by atoms with E-state index in [1.807, 2.05) is 0 Å². The molecule has 1 atom stereocenters. The summed E-state index contributed by atoms with van der Waals surface area (Å²) in [5, 5.41) is 7.76. The van der Waals surface area contributed by atoms with Crippen LogP contribution in [0.1, 0.15) is 10.9 Å². The summed E-state index contributed by atoms with van der Waals surface area (Å²) in [5.74, 6) is -0.455. The quantitative estimate of drug-likeness (QED) is 0.874. The number of rotatable bonds is 4. The molecule has 0 fully saturated rings. The van der Waals surface area contributed by atoms with Crippen LogP contribution in [-0.4, -0.2) is 22.5 Å². The number of aromatic nitrogens is 2. The Balaban J connectivity index is 2.20. The van der Waals surface area contributed by atoms with Gasteiger partial charge in [0.2, 0.25) is 5.91 Å². The van der Waals surface area contributed by atoms with Crippen LogP contribution in [0.15, 0.2) is 34.5 Å². The second kappa shape index (κ2) is 5.92. The first-order valence-electron chi connectivity index (χ1n) is 5.11. The van der Waals surface area contributed by atoms with Gasteiger partial charge in [0.05, 0.1) is 5.69 Å². The van der Waals surface area contributed by atoms with Crippen LogP contribution in [0.25, 0.3) is 0 Å². The van der Waals surface area contributed by atoms with E-state index in [-0.39, 0.29) is 11.7 Å². The largest absolute Gasteiger partial charge is 0.358 e. The van der Waals surface area contributed by atoms with Crippen LogP contribution >= 0.6 is 23.3 Å². The molecule has 94 valence electrons. The molecule has 0 bridgehead atoms. The van der Waals surface area contributed by atoms with Gasteiger partial charge in [0.25, 0.3) is 0 Å². The maximum Gasteiger partial charge on any atom is 0.239 e. The summed E-state index contributed by atoms with van der Waals surface area (Å²) in [6.45, 7) is 0. The van der Waals surface area contributed by atoms with E-state index < -0.39 is 5.25 Å². The number of carbonyl (C=O) groups excluding carboxylic acids is 1. The standard InChI is InChI=1S/C11H10FN3OS2/c1-13-11(16)10(9-6-17-15-14-9)18-8-4-2-7(12)3-5-8/h2-6,10H,1H3,(H,13,16). The van der Waals surface area contributed by atoms with Gasteiger partial charge in [0, 0.05) is 17.3 Å². The van der Waals surface area contributed by atoms with Gasteiger partial charge in [0.1, 0.15) is 11.1 Å². The number of nitrogens with one attached hydrogen (secondary N) is 1. The highest BCUT2D eigenvalue weighted by Gasteiger charge is 2.23. The van der Waals surface area contributed by atoms with E-state index >= 15 is 0 Å². The van der Waals surface area contributed by atoms with E-state index in [2.05, 4.69) is 14.9 Å². The molecular weight excluding hydrogens is 273 g/mol. The second-order valence-electron chi connectivity index (χ2n) is 3.40. The van der Waals surface area contributed by atoms with E-state index in [1.165, 1.54) is 35.4 Å². The van der Waals surface area contributed by atoms with E-state index in [0.717, 1.165) is 4.90 Å². The topological polar surface area (TPSA) is 54.9 Å². The van der Waals surface area contributed by atoms with Gasteiger partial charge < -0.3 is 5.32 Å². The highest BCUT2D eigenvalue weighted by molar-refractivity contribution is 8.00. The number of carbonyl (C=O) groups is 1. The number of halogens is 1.